The number of aromatic nitrogens is 2. The molecule has 0 unspecified atom stereocenters. The molecule has 0 radical (unpaired) electrons. The van der Waals surface area contributed by atoms with Gasteiger partial charge in [-0.05, 0) is 24.3 Å². The predicted molar refractivity (Wildman–Crippen MR) is 78.7 cm³/mol. The summed E-state index contributed by atoms with van der Waals surface area (Å²) in [7, 11) is 0. The number of benzene rings is 1. The molecule has 6 heteroatoms. The van der Waals surface area contributed by atoms with Crippen molar-refractivity contribution in [2.45, 2.75) is 11.5 Å². The van der Waals surface area contributed by atoms with Crippen LogP contribution in [0.25, 0.3) is 11.5 Å². The fourth-order valence-electron chi connectivity index (χ4n) is 1.88. The molecule has 0 aliphatic carbocycles. The number of furan rings is 1. The van der Waals surface area contributed by atoms with Crippen LogP contribution in [0, 0.1) is 0 Å². The minimum Gasteiger partial charge on any atom is -0.488 e. The minimum absolute atomic E-state index is 0.288. The maximum Gasteiger partial charge on any atom is 0.152 e. The maximum atomic E-state index is 5.87. The lowest BCUT2D eigenvalue weighted by atomic mass is 10.2. The van der Waals surface area contributed by atoms with E-state index in [1.54, 1.807) is 12.3 Å². The van der Waals surface area contributed by atoms with Crippen LogP contribution in [0.5, 0.6) is 5.75 Å². The van der Waals surface area contributed by atoms with Gasteiger partial charge in [0, 0.05) is 4.90 Å². The lowest BCUT2D eigenvalue weighted by molar-refractivity contribution is 0.300. The van der Waals surface area contributed by atoms with E-state index >= 15 is 0 Å². The predicted octanol–water partition coefficient (Wildman–Crippen LogP) is 3.12. The molecular weight excluding hydrogens is 274 g/mol. The summed E-state index contributed by atoms with van der Waals surface area (Å²) in [6, 6.07) is 11.1. The summed E-state index contributed by atoms with van der Waals surface area (Å²) in [5.74, 6) is 1.77. The highest BCUT2D eigenvalue weighted by molar-refractivity contribution is 7.80. The first-order valence-corrected chi connectivity index (χ1v) is 6.48. The van der Waals surface area contributed by atoms with E-state index in [4.69, 9.17) is 14.9 Å². The molecular formula is C14H13N3O2S. The average Bonchev–Trinajstić information content (AvgIpc) is 3.08. The van der Waals surface area contributed by atoms with Crippen molar-refractivity contribution >= 4 is 18.4 Å². The van der Waals surface area contributed by atoms with Gasteiger partial charge in [0.25, 0.3) is 0 Å². The Balaban J connectivity index is 1.85. The zero-order valence-electron chi connectivity index (χ0n) is 10.5. The summed E-state index contributed by atoms with van der Waals surface area (Å²) in [4.78, 5) is 0.772. The van der Waals surface area contributed by atoms with Crippen LogP contribution in [0.1, 0.15) is 5.56 Å². The lowest BCUT2D eigenvalue weighted by Crippen LogP contribution is -2.00. The number of rotatable bonds is 4. The van der Waals surface area contributed by atoms with E-state index in [0.717, 1.165) is 16.2 Å². The Morgan fingerprint density at radius 3 is 2.85 bits per heavy atom. The Bertz CT molecular complexity index is 707. The van der Waals surface area contributed by atoms with Gasteiger partial charge < -0.3 is 14.9 Å². The molecule has 3 aromatic rings. The summed E-state index contributed by atoms with van der Waals surface area (Å²) >= 11 is 4.34. The van der Waals surface area contributed by atoms with Crippen LogP contribution in [-0.2, 0) is 6.61 Å². The van der Waals surface area contributed by atoms with Gasteiger partial charge in [0.15, 0.2) is 11.6 Å². The van der Waals surface area contributed by atoms with Gasteiger partial charge in [0.1, 0.15) is 18.1 Å². The van der Waals surface area contributed by atoms with Gasteiger partial charge in [-0.15, -0.1) is 12.6 Å². The zero-order chi connectivity index (χ0) is 13.9. The molecule has 2 heterocycles. The molecule has 5 nitrogen and oxygen atoms in total. The molecule has 0 aliphatic heterocycles. The summed E-state index contributed by atoms with van der Waals surface area (Å²) < 4.78 is 11.1. The number of nitrogens with zero attached hydrogens (tertiary/aromatic N) is 1. The van der Waals surface area contributed by atoms with E-state index in [-0.39, 0.29) is 6.61 Å². The molecule has 0 atom stereocenters. The van der Waals surface area contributed by atoms with Crippen molar-refractivity contribution in [2.75, 3.05) is 5.73 Å². The average molecular weight is 287 g/mol. The van der Waals surface area contributed by atoms with Gasteiger partial charge in [-0.2, -0.15) is 5.10 Å². The first-order valence-electron chi connectivity index (χ1n) is 6.03. The third-order valence-electron chi connectivity index (χ3n) is 2.90. The molecule has 20 heavy (non-hydrogen) atoms. The van der Waals surface area contributed by atoms with E-state index in [2.05, 4.69) is 22.8 Å². The van der Waals surface area contributed by atoms with Crippen LogP contribution in [0.2, 0.25) is 0 Å². The van der Waals surface area contributed by atoms with Crippen LogP contribution in [0.4, 0.5) is 5.82 Å². The Hall–Kier alpha value is -2.34. The van der Waals surface area contributed by atoms with Crippen LogP contribution in [0.15, 0.2) is 52.0 Å². The topological polar surface area (TPSA) is 77.1 Å². The Morgan fingerprint density at radius 1 is 1.25 bits per heavy atom. The van der Waals surface area contributed by atoms with E-state index in [0.29, 0.717) is 17.3 Å². The van der Waals surface area contributed by atoms with Crippen LogP contribution in [-0.4, -0.2) is 10.2 Å². The molecule has 0 aliphatic rings. The molecule has 0 amide bonds. The summed E-state index contributed by atoms with van der Waals surface area (Å²) in [5.41, 5.74) is 7.35. The summed E-state index contributed by atoms with van der Waals surface area (Å²) in [5, 5.41) is 6.86. The number of hydrogen-bond donors (Lipinski definition) is 3. The second-order valence-electron chi connectivity index (χ2n) is 4.20. The lowest BCUT2D eigenvalue weighted by Gasteiger charge is -2.08. The second kappa shape index (κ2) is 5.34. The van der Waals surface area contributed by atoms with Crippen molar-refractivity contribution in [2.24, 2.45) is 0 Å². The quantitative estimate of drug-likeness (QED) is 0.644. The standard InChI is InChI=1S/C14H13N3O2S/c15-14-9(8-19-10-4-1-2-6-12(10)20)13(16-17-14)11-5-3-7-18-11/h1-7,20H,8H2,(H3,15,16,17). The molecule has 0 fully saturated rings. The number of nitrogens with two attached hydrogens (primary N) is 1. The van der Waals surface area contributed by atoms with Crippen LogP contribution < -0.4 is 10.5 Å². The summed E-state index contributed by atoms with van der Waals surface area (Å²) in [6.07, 6.45) is 1.60. The summed E-state index contributed by atoms with van der Waals surface area (Å²) in [6.45, 7) is 0.288. The first kappa shape index (κ1) is 12.7. The van der Waals surface area contributed by atoms with Crippen LogP contribution >= 0.6 is 12.6 Å². The Kier molecular flexibility index (Phi) is 3.39. The van der Waals surface area contributed by atoms with Crippen molar-refractivity contribution in [1.82, 2.24) is 10.2 Å². The number of hydrogen-bond acceptors (Lipinski definition) is 5. The van der Waals surface area contributed by atoms with Gasteiger partial charge in [-0.3, -0.25) is 5.10 Å². The molecule has 3 rings (SSSR count). The van der Waals surface area contributed by atoms with Crippen molar-refractivity contribution in [3.05, 3.63) is 48.2 Å². The van der Waals surface area contributed by atoms with Gasteiger partial charge >= 0.3 is 0 Å². The van der Waals surface area contributed by atoms with Crippen molar-refractivity contribution in [3.8, 4) is 17.2 Å². The highest BCUT2D eigenvalue weighted by atomic mass is 32.1. The largest absolute Gasteiger partial charge is 0.488 e. The Morgan fingerprint density at radius 2 is 2.10 bits per heavy atom. The SMILES string of the molecule is Nc1n[nH]c(-c2ccco2)c1COc1ccccc1S. The highest BCUT2D eigenvalue weighted by Gasteiger charge is 2.15. The van der Waals surface area contributed by atoms with E-state index in [9.17, 15) is 0 Å². The molecule has 0 bridgehead atoms. The Labute approximate surface area is 121 Å². The fourth-order valence-corrected chi connectivity index (χ4v) is 2.10. The van der Waals surface area contributed by atoms with Crippen LogP contribution in [0.3, 0.4) is 0 Å². The molecule has 3 N–H and O–H groups in total. The minimum atomic E-state index is 0.288. The zero-order valence-corrected chi connectivity index (χ0v) is 11.4. The third kappa shape index (κ3) is 2.37. The van der Waals surface area contributed by atoms with Crippen molar-refractivity contribution < 1.29 is 9.15 Å². The maximum absolute atomic E-state index is 5.87. The molecule has 2 aromatic heterocycles. The molecule has 102 valence electrons. The number of ether oxygens (including phenoxy) is 1. The van der Waals surface area contributed by atoms with Gasteiger partial charge in [0.05, 0.1) is 11.8 Å². The first-order chi connectivity index (χ1) is 9.75. The van der Waals surface area contributed by atoms with Gasteiger partial charge in [0.2, 0.25) is 0 Å². The molecule has 0 saturated heterocycles. The highest BCUT2D eigenvalue weighted by Crippen LogP contribution is 2.28. The molecule has 0 saturated carbocycles. The van der Waals surface area contributed by atoms with Crippen molar-refractivity contribution in [3.63, 3.8) is 0 Å². The smallest absolute Gasteiger partial charge is 0.152 e. The number of para-hydroxylation sites is 1. The number of anilines is 1. The molecule has 0 spiro atoms. The second-order valence-corrected chi connectivity index (χ2v) is 4.68. The fraction of sp³-hybridized carbons (Fsp3) is 0.0714. The number of aromatic amines is 1. The third-order valence-corrected chi connectivity index (χ3v) is 3.27. The molecule has 1 aromatic carbocycles. The number of nitrogens with one attached hydrogen (secondary N) is 1. The number of nitrogen functional groups attached to an aromatic ring is 1. The van der Waals surface area contributed by atoms with E-state index in [1.807, 2.05) is 30.3 Å². The monoisotopic (exact) mass is 287 g/mol. The van der Waals surface area contributed by atoms with E-state index < -0.39 is 0 Å². The number of H-pyrrole nitrogens is 1. The van der Waals surface area contributed by atoms with Gasteiger partial charge in [-0.1, -0.05) is 12.1 Å². The van der Waals surface area contributed by atoms with E-state index in [1.165, 1.54) is 0 Å². The van der Waals surface area contributed by atoms with Gasteiger partial charge in [-0.25, -0.2) is 0 Å². The number of thiol groups is 1. The van der Waals surface area contributed by atoms with Crippen molar-refractivity contribution in [1.29, 1.82) is 0 Å². The normalized spacial score (nSPS) is 10.7.